The Labute approximate surface area is 128 Å². The topological polar surface area (TPSA) is 26.0 Å². The Morgan fingerprint density at radius 1 is 1.05 bits per heavy atom. The molecule has 2 aromatic carbocycles. The van der Waals surface area contributed by atoms with E-state index in [0.717, 1.165) is 21.7 Å². The van der Waals surface area contributed by atoms with Crippen LogP contribution in [0.2, 0.25) is 5.02 Å². The third kappa shape index (κ3) is 2.35. The first kappa shape index (κ1) is 13.6. The third-order valence-electron chi connectivity index (χ3n) is 3.63. The number of rotatable bonds is 2. The number of halogens is 1. The summed E-state index contributed by atoms with van der Waals surface area (Å²) in [7, 11) is 0. The van der Waals surface area contributed by atoms with Gasteiger partial charge >= 0.3 is 0 Å². The third-order valence-corrected chi connectivity index (χ3v) is 5.24. The van der Waals surface area contributed by atoms with Crippen molar-refractivity contribution >= 4 is 33.0 Å². The minimum atomic E-state index is -0.0941. The van der Waals surface area contributed by atoms with Crippen LogP contribution in [0.15, 0.2) is 42.5 Å². The quantitative estimate of drug-likeness (QED) is 0.690. The number of hydrogen-bond acceptors (Lipinski definition) is 2. The second-order valence-electron chi connectivity index (χ2n) is 5.12. The second-order valence-corrected chi connectivity index (χ2v) is 6.64. The lowest BCUT2D eigenvalue weighted by atomic mass is 9.98. The highest BCUT2D eigenvalue weighted by atomic mass is 35.5. The standard InChI is InChI=1S/C17H16ClNS/c1-10-8-14(18)11(2)7-13(10)17(19)16-9-12-5-3-4-6-15(12)20-16/h3-9,17H,19H2,1-2H3. The Morgan fingerprint density at radius 2 is 1.80 bits per heavy atom. The molecule has 3 heteroatoms. The van der Waals surface area contributed by atoms with Crippen molar-refractivity contribution in [1.82, 2.24) is 0 Å². The molecule has 0 amide bonds. The van der Waals surface area contributed by atoms with Gasteiger partial charge in [0.1, 0.15) is 0 Å². The van der Waals surface area contributed by atoms with Gasteiger partial charge < -0.3 is 5.73 Å². The number of thiophene rings is 1. The van der Waals surface area contributed by atoms with E-state index < -0.39 is 0 Å². The fourth-order valence-electron chi connectivity index (χ4n) is 2.45. The van der Waals surface area contributed by atoms with Gasteiger partial charge in [-0.05, 0) is 54.1 Å². The molecule has 1 aromatic heterocycles. The van der Waals surface area contributed by atoms with Crippen LogP contribution in [0.3, 0.4) is 0 Å². The first-order valence-electron chi connectivity index (χ1n) is 6.57. The van der Waals surface area contributed by atoms with Gasteiger partial charge in [0, 0.05) is 14.6 Å². The molecule has 3 rings (SSSR count). The molecule has 0 aliphatic carbocycles. The molecule has 2 N–H and O–H groups in total. The van der Waals surface area contributed by atoms with Gasteiger partial charge in [-0.25, -0.2) is 0 Å². The molecule has 0 fully saturated rings. The van der Waals surface area contributed by atoms with Gasteiger partial charge in [0.2, 0.25) is 0 Å². The molecule has 1 nitrogen and oxygen atoms in total. The van der Waals surface area contributed by atoms with Crippen LogP contribution in [-0.4, -0.2) is 0 Å². The van der Waals surface area contributed by atoms with E-state index >= 15 is 0 Å². The van der Waals surface area contributed by atoms with Crippen molar-refractivity contribution in [2.75, 3.05) is 0 Å². The molecule has 20 heavy (non-hydrogen) atoms. The van der Waals surface area contributed by atoms with Crippen LogP contribution >= 0.6 is 22.9 Å². The van der Waals surface area contributed by atoms with Gasteiger partial charge in [-0.2, -0.15) is 0 Å². The van der Waals surface area contributed by atoms with Crippen LogP contribution in [0.4, 0.5) is 0 Å². The Kier molecular flexibility index (Phi) is 3.55. The first-order valence-corrected chi connectivity index (χ1v) is 7.76. The molecule has 0 aliphatic rings. The monoisotopic (exact) mass is 301 g/mol. The molecule has 0 saturated carbocycles. The lowest BCUT2D eigenvalue weighted by molar-refractivity contribution is 0.881. The van der Waals surface area contributed by atoms with Gasteiger partial charge in [-0.1, -0.05) is 35.9 Å². The summed E-state index contributed by atoms with van der Waals surface area (Å²) in [5.41, 5.74) is 9.84. The molecule has 1 atom stereocenters. The number of aryl methyl sites for hydroxylation is 2. The molecule has 0 radical (unpaired) electrons. The zero-order valence-electron chi connectivity index (χ0n) is 11.5. The van der Waals surface area contributed by atoms with Gasteiger partial charge in [-0.15, -0.1) is 11.3 Å². The van der Waals surface area contributed by atoms with Crippen molar-refractivity contribution in [2.45, 2.75) is 19.9 Å². The summed E-state index contributed by atoms with van der Waals surface area (Å²) in [6, 6.07) is 14.6. The average molecular weight is 302 g/mol. The molecule has 0 spiro atoms. The fraction of sp³-hybridized carbons (Fsp3) is 0.176. The van der Waals surface area contributed by atoms with Crippen molar-refractivity contribution in [1.29, 1.82) is 0 Å². The molecule has 1 unspecified atom stereocenters. The van der Waals surface area contributed by atoms with E-state index in [1.165, 1.54) is 15.0 Å². The van der Waals surface area contributed by atoms with Crippen LogP contribution in [0.1, 0.15) is 27.6 Å². The maximum atomic E-state index is 6.47. The van der Waals surface area contributed by atoms with Crippen LogP contribution in [0.5, 0.6) is 0 Å². The number of benzene rings is 2. The highest BCUT2D eigenvalue weighted by Gasteiger charge is 2.15. The minimum Gasteiger partial charge on any atom is -0.320 e. The summed E-state index contributed by atoms with van der Waals surface area (Å²) in [6.07, 6.45) is 0. The Bertz CT molecular complexity index is 743. The second kappa shape index (κ2) is 5.21. The van der Waals surface area contributed by atoms with Crippen molar-refractivity contribution in [3.63, 3.8) is 0 Å². The number of nitrogens with two attached hydrogens (primary N) is 1. The van der Waals surface area contributed by atoms with Crippen LogP contribution in [0.25, 0.3) is 10.1 Å². The van der Waals surface area contributed by atoms with Crippen LogP contribution in [0, 0.1) is 13.8 Å². The Hall–Kier alpha value is -1.35. The van der Waals surface area contributed by atoms with E-state index in [-0.39, 0.29) is 6.04 Å². The molecule has 1 heterocycles. The summed E-state index contributed by atoms with van der Waals surface area (Å²) >= 11 is 7.92. The summed E-state index contributed by atoms with van der Waals surface area (Å²) in [4.78, 5) is 1.19. The van der Waals surface area contributed by atoms with Crippen molar-refractivity contribution in [2.24, 2.45) is 5.73 Å². The zero-order valence-corrected chi connectivity index (χ0v) is 13.1. The van der Waals surface area contributed by atoms with E-state index in [1.807, 2.05) is 13.0 Å². The lowest BCUT2D eigenvalue weighted by Crippen LogP contribution is -2.12. The van der Waals surface area contributed by atoms with Crippen molar-refractivity contribution < 1.29 is 0 Å². The molecular weight excluding hydrogens is 286 g/mol. The zero-order chi connectivity index (χ0) is 14.3. The Balaban J connectivity index is 2.07. The Morgan fingerprint density at radius 3 is 2.55 bits per heavy atom. The van der Waals surface area contributed by atoms with Crippen molar-refractivity contribution in [3.8, 4) is 0 Å². The maximum absolute atomic E-state index is 6.47. The van der Waals surface area contributed by atoms with Crippen LogP contribution in [-0.2, 0) is 0 Å². The molecule has 0 bridgehead atoms. The molecule has 102 valence electrons. The van der Waals surface area contributed by atoms with E-state index in [0.29, 0.717) is 0 Å². The smallest absolute Gasteiger partial charge is 0.0649 e. The van der Waals surface area contributed by atoms with E-state index in [1.54, 1.807) is 11.3 Å². The summed E-state index contributed by atoms with van der Waals surface area (Å²) in [5, 5.41) is 2.06. The lowest BCUT2D eigenvalue weighted by Gasteiger charge is -2.15. The van der Waals surface area contributed by atoms with Crippen molar-refractivity contribution in [3.05, 3.63) is 69.1 Å². The molecule has 0 aliphatic heterocycles. The predicted octanol–water partition coefficient (Wildman–Crippen LogP) is 5.22. The molecular formula is C17H16ClNS. The van der Waals surface area contributed by atoms with Gasteiger partial charge in [0.15, 0.2) is 0 Å². The van der Waals surface area contributed by atoms with Gasteiger partial charge in [0.25, 0.3) is 0 Å². The average Bonchev–Trinajstić information content (AvgIpc) is 2.86. The number of hydrogen-bond donors (Lipinski definition) is 1. The molecule has 0 saturated heterocycles. The largest absolute Gasteiger partial charge is 0.320 e. The van der Waals surface area contributed by atoms with Gasteiger partial charge in [-0.3, -0.25) is 0 Å². The molecule has 3 aromatic rings. The summed E-state index contributed by atoms with van der Waals surface area (Å²) < 4.78 is 1.28. The first-order chi connectivity index (χ1) is 9.56. The fourth-order valence-corrected chi connectivity index (χ4v) is 3.75. The normalized spacial score (nSPS) is 12.8. The van der Waals surface area contributed by atoms with Crippen LogP contribution < -0.4 is 5.73 Å². The highest BCUT2D eigenvalue weighted by Crippen LogP contribution is 2.34. The predicted molar refractivity (Wildman–Crippen MR) is 88.8 cm³/mol. The van der Waals surface area contributed by atoms with E-state index in [4.69, 9.17) is 17.3 Å². The van der Waals surface area contributed by atoms with E-state index in [9.17, 15) is 0 Å². The minimum absolute atomic E-state index is 0.0941. The number of fused-ring (bicyclic) bond motifs is 1. The van der Waals surface area contributed by atoms with E-state index in [2.05, 4.69) is 43.3 Å². The SMILES string of the molecule is Cc1cc(C(N)c2cc3ccccc3s2)c(C)cc1Cl. The summed E-state index contributed by atoms with van der Waals surface area (Å²) in [5.74, 6) is 0. The maximum Gasteiger partial charge on any atom is 0.0649 e. The van der Waals surface area contributed by atoms with Gasteiger partial charge in [0.05, 0.1) is 6.04 Å². The highest BCUT2D eigenvalue weighted by molar-refractivity contribution is 7.19. The summed E-state index contributed by atoms with van der Waals surface area (Å²) in [6.45, 7) is 4.08.